The molecule has 1 aliphatic carbocycles. The summed E-state index contributed by atoms with van der Waals surface area (Å²) in [6.07, 6.45) is 6.92. The second-order valence-corrected chi connectivity index (χ2v) is 7.64. The topological polar surface area (TPSA) is 58.4 Å². The molecule has 0 aromatic carbocycles. The number of piperidine rings is 1. The van der Waals surface area contributed by atoms with Crippen molar-refractivity contribution in [3.63, 3.8) is 0 Å². The highest BCUT2D eigenvalue weighted by Gasteiger charge is 2.36. The smallest absolute Gasteiger partial charge is 0.237 e. The number of amides is 1. The van der Waals surface area contributed by atoms with Crippen molar-refractivity contribution >= 4 is 5.91 Å². The van der Waals surface area contributed by atoms with Crippen LogP contribution >= 0.6 is 0 Å². The summed E-state index contributed by atoms with van der Waals surface area (Å²) in [5.74, 6) is 1.51. The molecule has 0 spiro atoms. The summed E-state index contributed by atoms with van der Waals surface area (Å²) in [5.41, 5.74) is 5.09. The Morgan fingerprint density at radius 3 is 2.38 bits per heavy atom. The van der Waals surface area contributed by atoms with Crippen LogP contribution in [0.4, 0.5) is 0 Å². The van der Waals surface area contributed by atoms with Gasteiger partial charge in [0.1, 0.15) is 0 Å². The molecule has 122 valence electrons. The molecule has 21 heavy (non-hydrogen) atoms. The fraction of sp³-hybridized carbons (Fsp3) is 0.941. The van der Waals surface area contributed by atoms with Crippen LogP contribution in [0.3, 0.4) is 0 Å². The highest BCUT2D eigenvalue weighted by Crippen LogP contribution is 2.26. The van der Waals surface area contributed by atoms with Crippen molar-refractivity contribution in [1.29, 1.82) is 0 Å². The number of nitrogens with one attached hydrogen (secondary N) is 1. The quantitative estimate of drug-likeness (QED) is 0.721. The Kier molecular flexibility index (Phi) is 5.67. The molecule has 0 bridgehead atoms. The van der Waals surface area contributed by atoms with Gasteiger partial charge in [-0.2, -0.15) is 0 Å². The fourth-order valence-electron chi connectivity index (χ4n) is 3.44. The van der Waals surface area contributed by atoms with E-state index >= 15 is 0 Å². The minimum Gasteiger partial charge on any atom is -0.368 e. The monoisotopic (exact) mass is 295 g/mol. The molecule has 1 aliphatic heterocycles. The van der Waals surface area contributed by atoms with Crippen LogP contribution in [-0.2, 0) is 4.79 Å². The molecule has 0 radical (unpaired) electrons. The molecular weight excluding hydrogens is 262 g/mol. The van der Waals surface area contributed by atoms with E-state index in [2.05, 4.69) is 24.1 Å². The average Bonchev–Trinajstić information content (AvgIpc) is 3.23. The summed E-state index contributed by atoms with van der Waals surface area (Å²) in [7, 11) is 0. The highest BCUT2D eigenvalue weighted by atomic mass is 16.1. The summed E-state index contributed by atoms with van der Waals surface area (Å²) < 4.78 is 0. The van der Waals surface area contributed by atoms with Gasteiger partial charge < -0.3 is 16.0 Å². The van der Waals surface area contributed by atoms with E-state index in [1.807, 2.05) is 6.92 Å². The number of rotatable bonds is 8. The molecule has 4 heteroatoms. The summed E-state index contributed by atoms with van der Waals surface area (Å²) >= 11 is 0. The van der Waals surface area contributed by atoms with E-state index in [0.717, 1.165) is 31.2 Å². The predicted molar refractivity (Wildman–Crippen MR) is 87.0 cm³/mol. The lowest BCUT2D eigenvalue weighted by Crippen LogP contribution is -2.54. The average molecular weight is 295 g/mol. The minimum atomic E-state index is -0.516. The van der Waals surface area contributed by atoms with E-state index in [0.29, 0.717) is 6.04 Å². The maximum absolute atomic E-state index is 11.7. The first-order valence-corrected chi connectivity index (χ1v) is 8.70. The first-order chi connectivity index (χ1) is 9.90. The molecule has 1 amide bonds. The molecule has 1 saturated heterocycles. The summed E-state index contributed by atoms with van der Waals surface area (Å²) in [6.45, 7) is 10.2. The third kappa shape index (κ3) is 4.96. The van der Waals surface area contributed by atoms with Gasteiger partial charge in [-0.3, -0.25) is 4.79 Å². The zero-order valence-electron chi connectivity index (χ0n) is 14.0. The molecule has 3 N–H and O–H groups in total. The second kappa shape index (κ2) is 7.10. The van der Waals surface area contributed by atoms with E-state index in [9.17, 15) is 4.79 Å². The number of hydrogen-bond acceptors (Lipinski definition) is 3. The van der Waals surface area contributed by atoms with E-state index in [1.165, 1.54) is 38.8 Å². The standard InChI is InChI=1S/C17H33N3O/c1-13(2)14-7-11-20(12-8-14)10-4-9-17(3,16(18)21)19-15-5-6-15/h13-15,19H,4-12H2,1-3H3,(H2,18,21). The molecule has 1 heterocycles. The van der Waals surface area contributed by atoms with Gasteiger partial charge in [0.25, 0.3) is 0 Å². The number of nitrogens with zero attached hydrogens (tertiary/aromatic N) is 1. The highest BCUT2D eigenvalue weighted by molar-refractivity contribution is 5.84. The Bertz CT molecular complexity index is 346. The van der Waals surface area contributed by atoms with E-state index in [1.54, 1.807) is 0 Å². The first-order valence-electron chi connectivity index (χ1n) is 8.70. The number of nitrogens with two attached hydrogens (primary N) is 1. The Morgan fingerprint density at radius 1 is 1.29 bits per heavy atom. The van der Waals surface area contributed by atoms with Crippen LogP contribution < -0.4 is 11.1 Å². The van der Waals surface area contributed by atoms with Gasteiger partial charge in [-0.25, -0.2) is 0 Å². The van der Waals surface area contributed by atoms with Crippen molar-refractivity contribution in [1.82, 2.24) is 10.2 Å². The van der Waals surface area contributed by atoms with Crippen molar-refractivity contribution in [2.24, 2.45) is 17.6 Å². The second-order valence-electron chi connectivity index (χ2n) is 7.64. The number of primary amides is 1. The van der Waals surface area contributed by atoms with E-state index in [-0.39, 0.29) is 5.91 Å². The van der Waals surface area contributed by atoms with Gasteiger partial charge in [-0.1, -0.05) is 13.8 Å². The fourth-order valence-corrected chi connectivity index (χ4v) is 3.44. The molecule has 4 nitrogen and oxygen atoms in total. The molecule has 2 rings (SSSR count). The van der Waals surface area contributed by atoms with Crippen LogP contribution in [0.15, 0.2) is 0 Å². The molecule has 0 aromatic rings. The maximum atomic E-state index is 11.7. The van der Waals surface area contributed by atoms with Gasteiger partial charge in [0, 0.05) is 6.04 Å². The van der Waals surface area contributed by atoms with Crippen molar-refractivity contribution in [2.45, 2.75) is 70.9 Å². The van der Waals surface area contributed by atoms with Crippen LogP contribution in [0.5, 0.6) is 0 Å². The lowest BCUT2D eigenvalue weighted by molar-refractivity contribution is -0.124. The third-order valence-corrected chi connectivity index (χ3v) is 5.37. The molecule has 2 aliphatic rings. The van der Waals surface area contributed by atoms with Crippen molar-refractivity contribution in [2.75, 3.05) is 19.6 Å². The van der Waals surface area contributed by atoms with Crippen molar-refractivity contribution in [3.05, 3.63) is 0 Å². The molecule has 0 aromatic heterocycles. The molecule has 1 saturated carbocycles. The first kappa shape index (κ1) is 16.8. The molecule has 2 fully saturated rings. The molecule has 1 unspecified atom stereocenters. The Morgan fingerprint density at radius 2 is 1.90 bits per heavy atom. The number of carbonyl (C=O) groups excluding carboxylic acids is 1. The normalized spacial score (nSPS) is 24.2. The van der Waals surface area contributed by atoms with Crippen molar-refractivity contribution < 1.29 is 4.79 Å². The van der Waals surface area contributed by atoms with Gasteiger partial charge in [0.2, 0.25) is 5.91 Å². The number of carbonyl (C=O) groups is 1. The van der Waals surface area contributed by atoms with Crippen LogP contribution in [0.25, 0.3) is 0 Å². The van der Waals surface area contributed by atoms with Gasteiger partial charge >= 0.3 is 0 Å². The summed E-state index contributed by atoms with van der Waals surface area (Å²) in [6, 6.07) is 0.518. The number of likely N-dealkylation sites (tertiary alicyclic amines) is 1. The van der Waals surface area contributed by atoms with Crippen LogP contribution in [-0.4, -0.2) is 42.0 Å². The zero-order valence-corrected chi connectivity index (χ0v) is 14.0. The van der Waals surface area contributed by atoms with Crippen LogP contribution in [0.2, 0.25) is 0 Å². The lowest BCUT2D eigenvalue weighted by Gasteiger charge is -2.35. The van der Waals surface area contributed by atoms with Gasteiger partial charge in [0.05, 0.1) is 5.54 Å². The Hall–Kier alpha value is -0.610. The largest absolute Gasteiger partial charge is 0.368 e. The molecular formula is C17H33N3O. The maximum Gasteiger partial charge on any atom is 0.237 e. The summed E-state index contributed by atoms with van der Waals surface area (Å²) in [4.78, 5) is 14.3. The van der Waals surface area contributed by atoms with Crippen LogP contribution in [0.1, 0.15) is 59.3 Å². The van der Waals surface area contributed by atoms with Gasteiger partial charge in [0.15, 0.2) is 0 Å². The van der Waals surface area contributed by atoms with Crippen LogP contribution in [0, 0.1) is 11.8 Å². The third-order valence-electron chi connectivity index (χ3n) is 5.37. The SMILES string of the molecule is CC(C)C1CCN(CCCC(C)(NC2CC2)C(N)=O)CC1. The Labute approximate surface area is 129 Å². The predicted octanol–water partition coefficient (Wildman–Crippen LogP) is 2.13. The minimum absolute atomic E-state index is 0.201. The van der Waals surface area contributed by atoms with E-state index in [4.69, 9.17) is 5.73 Å². The zero-order chi connectivity index (χ0) is 15.5. The summed E-state index contributed by atoms with van der Waals surface area (Å²) in [5, 5.41) is 3.43. The van der Waals surface area contributed by atoms with Gasteiger partial charge in [-0.05, 0) is 76.9 Å². The van der Waals surface area contributed by atoms with Gasteiger partial charge in [-0.15, -0.1) is 0 Å². The Balaban J connectivity index is 1.69. The lowest BCUT2D eigenvalue weighted by atomic mass is 9.86. The number of hydrogen-bond donors (Lipinski definition) is 2. The van der Waals surface area contributed by atoms with Crippen molar-refractivity contribution in [3.8, 4) is 0 Å². The molecule has 1 atom stereocenters. The van der Waals surface area contributed by atoms with E-state index < -0.39 is 5.54 Å².